The maximum atomic E-state index is 13.8. The van der Waals surface area contributed by atoms with Crippen LogP contribution < -0.4 is 37.6 Å². The van der Waals surface area contributed by atoms with Gasteiger partial charge in [-0.25, -0.2) is 4.79 Å². The van der Waals surface area contributed by atoms with Crippen LogP contribution in [0.1, 0.15) is 108 Å². The smallest absolute Gasteiger partial charge is 0.326 e. The third kappa shape index (κ3) is 18.1. The largest absolute Gasteiger partial charge is 0.481 e. The van der Waals surface area contributed by atoms with Crippen molar-refractivity contribution in [3.05, 3.63) is 0 Å². The number of carbonyl (C=O) groups is 8. The number of nitrogens with one attached hydrogen (secondary N) is 6. The molecule has 0 heterocycles. The molecule has 6 amide bonds. The number of hydrogen-bond donors (Lipinski definition) is 11. The van der Waals surface area contributed by atoms with Crippen LogP contribution >= 0.6 is 0 Å². The van der Waals surface area contributed by atoms with Crippen molar-refractivity contribution in [3.63, 3.8) is 0 Å². The third-order valence-corrected chi connectivity index (χ3v) is 9.38. The Morgan fingerprint density at radius 3 is 1.21 bits per heavy atom. The fraction of sp³-hybridized carbons (Fsp3) is 0.784. The van der Waals surface area contributed by atoms with E-state index in [1.165, 1.54) is 13.8 Å². The predicted octanol–water partition coefficient (Wildman–Crippen LogP) is -0.882. The molecule has 0 bridgehead atoms. The van der Waals surface area contributed by atoms with Crippen LogP contribution in [0.25, 0.3) is 0 Å². The molecule has 0 spiro atoms. The molecule has 322 valence electrons. The fourth-order valence-corrected chi connectivity index (χ4v) is 5.58. The third-order valence-electron chi connectivity index (χ3n) is 9.38. The van der Waals surface area contributed by atoms with Crippen molar-refractivity contribution in [2.45, 2.75) is 162 Å². The first kappa shape index (κ1) is 51.6. The Hall–Kier alpha value is -4.36. The Balaban J connectivity index is 6.28. The topological polar surface area (TPSA) is 316 Å². The number of carbonyl (C=O) groups excluding carboxylic acids is 6. The van der Waals surface area contributed by atoms with Crippen LogP contribution in [0.2, 0.25) is 0 Å². The van der Waals surface area contributed by atoms with E-state index in [1.807, 2.05) is 13.8 Å². The van der Waals surface area contributed by atoms with Crippen LogP contribution in [-0.4, -0.2) is 122 Å². The minimum Gasteiger partial charge on any atom is -0.481 e. The van der Waals surface area contributed by atoms with Crippen molar-refractivity contribution >= 4 is 47.4 Å². The Morgan fingerprint density at radius 2 is 0.857 bits per heavy atom. The average Bonchev–Trinajstić information content (AvgIpc) is 3.09. The lowest BCUT2D eigenvalue weighted by molar-refractivity contribution is -0.143. The molecule has 0 aliphatic rings. The Kier molecular flexibility index (Phi) is 23.1. The predicted molar refractivity (Wildman–Crippen MR) is 205 cm³/mol. The van der Waals surface area contributed by atoms with Gasteiger partial charge in [-0.3, -0.25) is 33.6 Å². The monoisotopic (exact) mass is 801 g/mol. The highest BCUT2D eigenvalue weighted by atomic mass is 16.4. The van der Waals surface area contributed by atoms with E-state index in [0.29, 0.717) is 19.3 Å². The molecular weight excluding hydrogens is 734 g/mol. The van der Waals surface area contributed by atoms with E-state index in [-0.39, 0.29) is 18.3 Å². The van der Waals surface area contributed by atoms with Crippen molar-refractivity contribution in [1.29, 1.82) is 0 Å². The number of carboxylic acids is 2. The molecule has 0 saturated heterocycles. The van der Waals surface area contributed by atoms with Crippen LogP contribution in [0.5, 0.6) is 0 Å². The molecule has 0 saturated carbocycles. The van der Waals surface area contributed by atoms with E-state index < -0.39 is 127 Å². The van der Waals surface area contributed by atoms with Gasteiger partial charge in [0.05, 0.1) is 18.2 Å². The number of nitrogens with two attached hydrogens (primary N) is 1. The molecule has 0 aliphatic carbocycles. The first-order valence-corrected chi connectivity index (χ1v) is 19.3. The van der Waals surface area contributed by atoms with Gasteiger partial charge in [-0.1, -0.05) is 68.2 Å². The summed E-state index contributed by atoms with van der Waals surface area (Å²) in [6.45, 7) is 16.6. The highest BCUT2D eigenvalue weighted by molar-refractivity contribution is 5.97. The van der Waals surface area contributed by atoms with Gasteiger partial charge in [-0.2, -0.15) is 0 Å². The second-order valence-corrected chi connectivity index (χ2v) is 15.5. The van der Waals surface area contributed by atoms with Crippen molar-refractivity contribution < 1.29 is 58.8 Å². The average molecular weight is 802 g/mol. The molecule has 0 fully saturated rings. The highest BCUT2D eigenvalue weighted by Gasteiger charge is 2.38. The summed E-state index contributed by atoms with van der Waals surface area (Å²) < 4.78 is 0. The van der Waals surface area contributed by atoms with Crippen molar-refractivity contribution in [2.24, 2.45) is 29.4 Å². The van der Waals surface area contributed by atoms with Gasteiger partial charge >= 0.3 is 11.9 Å². The van der Waals surface area contributed by atoms with E-state index in [2.05, 4.69) is 31.9 Å². The zero-order valence-corrected chi connectivity index (χ0v) is 34.4. The SMILES string of the molecule is CC[C@H](C)[C@H](NC(=O)[C@@H](NC(=O)[C@@H](N)CC(C)C)[C@@H](C)O)C(=O)N[C@H](C(=O)N[C@H](C(=O)N[C@@H](CC(C)C)C(=O)N[C@@H](CCC(=O)O)C(=O)O)[C@@H](C)O)[C@@H](C)CC. The van der Waals surface area contributed by atoms with E-state index >= 15 is 0 Å². The van der Waals surface area contributed by atoms with Gasteiger partial charge in [-0.05, 0) is 56.8 Å². The number of aliphatic carboxylic acids is 2. The lowest BCUT2D eigenvalue weighted by Crippen LogP contribution is -2.63. The summed E-state index contributed by atoms with van der Waals surface area (Å²) >= 11 is 0. The van der Waals surface area contributed by atoms with Crippen LogP contribution in [-0.2, 0) is 38.4 Å². The number of aliphatic hydroxyl groups is 2. The van der Waals surface area contributed by atoms with E-state index in [1.54, 1.807) is 41.5 Å². The van der Waals surface area contributed by atoms with Gasteiger partial charge in [0.2, 0.25) is 35.4 Å². The summed E-state index contributed by atoms with van der Waals surface area (Å²) in [5, 5.41) is 54.3. The number of amides is 6. The molecule has 19 nitrogen and oxygen atoms in total. The van der Waals surface area contributed by atoms with Crippen LogP contribution in [0.4, 0.5) is 0 Å². The molecule has 0 unspecified atom stereocenters. The number of aliphatic hydroxyl groups excluding tert-OH is 2. The van der Waals surface area contributed by atoms with Crippen molar-refractivity contribution in [2.75, 3.05) is 0 Å². The van der Waals surface area contributed by atoms with Gasteiger partial charge in [0.25, 0.3) is 0 Å². The second-order valence-electron chi connectivity index (χ2n) is 15.5. The van der Waals surface area contributed by atoms with Crippen molar-refractivity contribution in [1.82, 2.24) is 31.9 Å². The molecule has 0 aliphatic heterocycles. The summed E-state index contributed by atoms with van der Waals surface area (Å²) in [5.41, 5.74) is 5.96. The summed E-state index contributed by atoms with van der Waals surface area (Å²) in [6.07, 6.45) is -2.75. The van der Waals surface area contributed by atoms with Gasteiger partial charge in [0.15, 0.2) is 0 Å². The minimum atomic E-state index is -1.65. The molecule has 0 radical (unpaired) electrons. The quantitative estimate of drug-likeness (QED) is 0.0507. The van der Waals surface area contributed by atoms with Crippen molar-refractivity contribution in [3.8, 4) is 0 Å². The van der Waals surface area contributed by atoms with E-state index in [0.717, 1.165) is 0 Å². The Bertz CT molecular complexity index is 1340. The zero-order valence-electron chi connectivity index (χ0n) is 34.4. The lowest BCUT2D eigenvalue weighted by Gasteiger charge is -2.32. The first-order valence-electron chi connectivity index (χ1n) is 19.3. The van der Waals surface area contributed by atoms with E-state index in [4.69, 9.17) is 10.8 Å². The van der Waals surface area contributed by atoms with Gasteiger partial charge in [0, 0.05) is 6.42 Å². The molecule has 12 N–H and O–H groups in total. The minimum absolute atomic E-state index is 0.0158. The first-order chi connectivity index (χ1) is 25.9. The summed E-state index contributed by atoms with van der Waals surface area (Å²) in [5.74, 6) is -9.00. The van der Waals surface area contributed by atoms with Gasteiger partial charge < -0.3 is 58.1 Å². The molecular formula is C37H67N7O12. The van der Waals surface area contributed by atoms with Crippen LogP contribution in [0, 0.1) is 23.7 Å². The number of carboxylic acid groups (broad SMARTS) is 2. The molecule has 0 aromatic carbocycles. The van der Waals surface area contributed by atoms with Gasteiger partial charge in [-0.15, -0.1) is 0 Å². The molecule has 11 atom stereocenters. The Labute approximate surface area is 329 Å². The number of hydrogen-bond acceptors (Lipinski definition) is 11. The van der Waals surface area contributed by atoms with Gasteiger partial charge in [0.1, 0.15) is 36.3 Å². The fourth-order valence-electron chi connectivity index (χ4n) is 5.58. The zero-order chi connectivity index (χ0) is 43.6. The lowest BCUT2D eigenvalue weighted by atomic mass is 9.94. The molecule has 19 heteroatoms. The highest BCUT2D eigenvalue weighted by Crippen LogP contribution is 2.14. The summed E-state index contributed by atoms with van der Waals surface area (Å²) in [7, 11) is 0. The standard InChI is InChI=1S/C37H67N7O12/c1-11-19(7)27(42-36(54)30(22(10)46)43-31(49)23(38)15-17(3)4)33(51)41-28(20(8)12-2)34(52)44-29(21(9)45)35(53)40-25(16-18(5)6)32(50)39-24(37(55)56)13-14-26(47)48/h17-25,27-30,45-46H,11-16,38H2,1-10H3,(H,39,50)(H,40,53)(H,41,51)(H,42,54)(H,43,49)(H,44,52)(H,47,48)(H,55,56)/t19-,20-,21+,22+,23-,24-,25-,27-,28-,29-,30-/m0/s1. The Morgan fingerprint density at radius 1 is 0.500 bits per heavy atom. The summed E-state index contributed by atoms with van der Waals surface area (Å²) in [4.78, 5) is 103. The normalized spacial score (nSPS) is 17.3. The van der Waals surface area contributed by atoms with Crippen LogP contribution in [0.15, 0.2) is 0 Å². The molecule has 56 heavy (non-hydrogen) atoms. The molecule has 0 aromatic heterocycles. The van der Waals surface area contributed by atoms with Crippen LogP contribution in [0.3, 0.4) is 0 Å². The van der Waals surface area contributed by atoms with E-state index in [9.17, 15) is 53.7 Å². The number of rotatable bonds is 26. The second kappa shape index (κ2) is 25.0. The molecule has 0 aromatic rings. The summed E-state index contributed by atoms with van der Waals surface area (Å²) in [6, 6.07) is -9.50. The maximum Gasteiger partial charge on any atom is 0.326 e. The maximum absolute atomic E-state index is 13.8. The molecule has 0 rings (SSSR count).